The average molecular weight is 415 g/mol. The first-order valence-electron chi connectivity index (χ1n) is 8.01. The Morgan fingerprint density at radius 1 is 1.35 bits per heavy atom. The number of anilines is 1. The highest BCUT2D eigenvalue weighted by molar-refractivity contribution is 9.10. The first-order chi connectivity index (χ1) is 12.3. The number of hydrogen-bond acceptors (Lipinski definition) is 4. The minimum atomic E-state index is -0.499. The number of phenolic OH excluding ortho intramolecular Hbond substituents is 1. The van der Waals surface area contributed by atoms with Crippen molar-refractivity contribution >= 4 is 33.6 Å². The number of nitrogens with zero attached hydrogens (tertiary/aromatic N) is 1. The second-order valence-electron chi connectivity index (χ2n) is 5.72. The zero-order valence-corrected chi connectivity index (χ0v) is 16.3. The van der Waals surface area contributed by atoms with Crippen LogP contribution in [0.4, 0.5) is 5.69 Å². The van der Waals surface area contributed by atoms with Crippen LogP contribution in [0.1, 0.15) is 23.6 Å². The highest BCUT2D eigenvalue weighted by Gasteiger charge is 2.13. The molecule has 2 aromatic carbocycles. The van der Waals surface area contributed by atoms with Gasteiger partial charge in [0.05, 0.1) is 11.1 Å². The maximum Gasteiger partial charge on any atom is 0.266 e. The lowest BCUT2D eigenvalue weighted by atomic mass is 10.1. The molecule has 0 spiro atoms. The Bertz CT molecular complexity index is 914. The third kappa shape index (κ3) is 4.64. The largest absolute Gasteiger partial charge is 0.503 e. The van der Waals surface area contributed by atoms with Gasteiger partial charge in [-0.1, -0.05) is 17.7 Å². The Balaban J connectivity index is 2.32. The van der Waals surface area contributed by atoms with E-state index in [1.165, 1.54) is 6.08 Å². The number of hydrogen-bond donors (Lipinski definition) is 2. The van der Waals surface area contributed by atoms with E-state index in [2.05, 4.69) is 21.2 Å². The van der Waals surface area contributed by atoms with E-state index in [1.54, 1.807) is 19.1 Å². The van der Waals surface area contributed by atoms with Gasteiger partial charge < -0.3 is 15.2 Å². The third-order valence-corrected chi connectivity index (χ3v) is 4.26. The summed E-state index contributed by atoms with van der Waals surface area (Å²) >= 11 is 3.24. The molecule has 134 valence electrons. The van der Waals surface area contributed by atoms with Crippen molar-refractivity contribution in [3.05, 3.63) is 57.1 Å². The standard InChI is InChI=1S/C20H19BrN2O3/c1-4-26-18-10-14(9-16(21)19(18)24)8-15(11-22)20(25)23-17-6-5-12(2)7-13(17)3/h5-10,24H,4H2,1-3H3,(H,23,25). The van der Waals surface area contributed by atoms with Gasteiger partial charge in [-0.25, -0.2) is 0 Å². The molecule has 0 aliphatic carbocycles. The zero-order chi connectivity index (χ0) is 19.3. The van der Waals surface area contributed by atoms with Gasteiger partial charge in [0.15, 0.2) is 11.5 Å². The number of carbonyl (C=O) groups is 1. The van der Waals surface area contributed by atoms with Crippen LogP contribution in [0.15, 0.2) is 40.4 Å². The number of rotatable bonds is 5. The molecular formula is C20H19BrN2O3. The molecule has 0 saturated heterocycles. The summed E-state index contributed by atoms with van der Waals surface area (Å²) in [5.41, 5.74) is 3.18. The van der Waals surface area contributed by atoms with Crippen molar-refractivity contribution in [1.29, 1.82) is 5.26 Å². The van der Waals surface area contributed by atoms with Crippen LogP contribution < -0.4 is 10.1 Å². The van der Waals surface area contributed by atoms with Crippen LogP contribution in [-0.2, 0) is 4.79 Å². The van der Waals surface area contributed by atoms with Crippen LogP contribution in [0.2, 0.25) is 0 Å². The Kier molecular flexibility index (Phi) is 6.42. The Morgan fingerprint density at radius 2 is 2.08 bits per heavy atom. The smallest absolute Gasteiger partial charge is 0.266 e. The zero-order valence-electron chi connectivity index (χ0n) is 14.8. The summed E-state index contributed by atoms with van der Waals surface area (Å²) in [6.45, 7) is 6.04. The molecule has 0 aromatic heterocycles. The minimum absolute atomic E-state index is 0.0257. The number of aromatic hydroxyl groups is 1. The fourth-order valence-electron chi connectivity index (χ4n) is 2.40. The van der Waals surface area contributed by atoms with Gasteiger partial charge in [-0.3, -0.25) is 4.79 Å². The summed E-state index contributed by atoms with van der Waals surface area (Å²) in [7, 11) is 0. The van der Waals surface area contributed by atoms with Gasteiger partial charge >= 0.3 is 0 Å². The molecule has 26 heavy (non-hydrogen) atoms. The second kappa shape index (κ2) is 8.54. The Morgan fingerprint density at radius 3 is 2.69 bits per heavy atom. The molecule has 0 bridgehead atoms. The Hall–Kier alpha value is -2.78. The highest BCUT2D eigenvalue weighted by atomic mass is 79.9. The lowest BCUT2D eigenvalue weighted by Gasteiger charge is -2.10. The third-order valence-electron chi connectivity index (χ3n) is 3.66. The molecule has 2 rings (SSSR count). The fourth-order valence-corrected chi connectivity index (χ4v) is 2.86. The van der Waals surface area contributed by atoms with Crippen molar-refractivity contribution < 1.29 is 14.6 Å². The van der Waals surface area contributed by atoms with Gasteiger partial charge in [-0.05, 0) is 72.1 Å². The van der Waals surface area contributed by atoms with E-state index in [-0.39, 0.29) is 17.1 Å². The first kappa shape index (κ1) is 19.5. The summed E-state index contributed by atoms with van der Waals surface area (Å²) in [6, 6.07) is 10.8. The van der Waals surface area contributed by atoms with Gasteiger partial charge in [-0.2, -0.15) is 5.26 Å². The maximum absolute atomic E-state index is 12.5. The molecule has 2 N–H and O–H groups in total. The predicted octanol–water partition coefficient (Wildman–Crippen LogP) is 4.72. The quantitative estimate of drug-likeness (QED) is 0.547. The number of nitrogens with one attached hydrogen (secondary N) is 1. The predicted molar refractivity (Wildman–Crippen MR) is 105 cm³/mol. The van der Waals surface area contributed by atoms with Crippen molar-refractivity contribution in [2.45, 2.75) is 20.8 Å². The number of aryl methyl sites for hydroxylation is 2. The molecule has 5 nitrogen and oxygen atoms in total. The summed E-state index contributed by atoms with van der Waals surface area (Å²) in [5.74, 6) is -0.246. The molecule has 0 unspecified atom stereocenters. The average Bonchev–Trinajstić information content (AvgIpc) is 2.59. The van der Waals surface area contributed by atoms with Gasteiger partial charge in [0.25, 0.3) is 5.91 Å². The van der Waals surface area contributed by atoms with E-state index in [1.807, 2.05) is 38.1 Å². The number of ether oxygens (including phenoxy) is 1. The maximum atomic E-state index is 12.5. The fraction of sp³-hybridized carbons (Fsp3) is 0.200. The van der Waals surface area contributed by atoms with Gasteiger partial charge in [0, 0.05) is 5.69 Å². The first-order valence-corrected chi connectivity index (χ1v) is 8.80. The molecule has 0 saturated carbocycles. The van der Waals surface area contributed by atoms with Crippen molar-refractivity contribution in [2.75, 3.05) is 11.9 Å². The van der Waals surface area contributed by atoms with E-state index in [0.717, 1.165) is 11.1 Å². The van der Waals surface area contributed by atoms with Gasteiger partial charge in [0.1, 0.15) is 11.6 Å². The number of nitriles is 1. The van der Waals surface area contributed by atoms with Gasteiger partial charge in [-0.15, -0.1) is 0 Å². The molecule has 0 aliphatic rings. The lowest BCUT2D eigenvalue weighted by molar-refractivity contribution is -0.112. The van der Waals surface area contributed by atoms with Crippen LogP contribution in [0.3, 0.4) is 0 Å². The van der Waals surface area contributed by atoms with E-state index in [4.69, 9.17) is 4.74 Å². The molecule has 6 heteroatoms. The van der Waals surface area contributed by atoms with Crippen molar-refractivity contribution in [1.82, 2.24) is 0 Å². The number of benzene rings is 2. The van der Waals surface area contributed by atoms with Crippen molar-refractivity contribution in [2.24, 2.45) is 0 Å². The Labute approximate surface area is 161 Å². The van der Waals surface area contributed by atoms with E-state index in [9.17, 15) is 15.2 Å². The minimum Gasteiger partial charge on any atom is -0.503 e. The highest BCUT2D eigenvalue weighted by Crippen LogP contribution is 2.36. The number of carbonyl (C=O) groups excluding carboxylic acids is 1. The van der Waals surface area contributed by atoms with Gasteiger partial charge in [0.2, 0.25) is 0 Å². The number of halogens is 1. The van der Waals surface area contributed by atoms with Crippen LogP contribution >= 0.6 is 15.9 Å². The van der Waals surface area contributed by atoms with E-state index >= 15 is 0 Å². The summed E-state index contributed by atoms with van der Waals surface area (Å²) in [6.07, 6.45) is 1.45. The monoisotopic (exact) mass is 414 g/mol. The molecule has 1 amide bonds. The topological polar surface area (TPSA) is 82.3 Å². The molecule has 0 aliphatic heterocycles. The lowest BCUT2D eigenvalue weighted by Crippen LogP contribution is -2.14. The van der Waals surface area contributed by atoms with E-state index < -0.39 is 5.91 Å². The molecular weight excluding hydrogens is 396 g/mol. The molecule has 0 heterocycles. The molecule has 2 aromatic rings. The number of amides is 1. The normalized spacial score (nSPS) is 11.0. The summed E-state index contributed by atoms with van der Waals surface area (Å²) < 4.78 is 5.78. The van der Waals surface area contributed by atoms with E-state index in [0.29, 0.717) is 22.3 Å². The van der Waals surface area contributed by atoms with Crippen LogP contribution in [0.25, 0.3) is 6.08 Å². The summed E-state index contributed by atoms with van der Waals surface area (Å²) in [5, 5.41) is 22.1. The summed E-state index contributed by atoms with van der Waals surface area (Å²) in [4.78, 5) is 12.5. The number of phenols is 1. The SMILES string of the molecule is CCOc1cc(C=C(C#N)C(=O)Nc2ccc(C)cc2C)cc(Br)c1O. The van der Waals surface area contributed by atoms with Crippen molar-refractivity contribution in [3.63, 3.8) is 0 Å². The van der Waals surface area contributed by atoms with Crippen molar-refractivity contribution in [3.8, 4) is 17.6 Å². The molecule has 0 atom stereocenters. The molecule has 0 radical (unpaired) electrons. The molecule has 0 fully saturated rings. The van der Waals surface area contributed by atoms with Crippen LogP contribution in [-0.4, -0.2) is 17.6 Å². The second-order valence-corrected chi connectivity index (χ2v) is 6.58. The van der Waals surface area contributed by atoms with Crippen LogP contribution in [0, 0.1) is 25.2 Å². The van der Waals surface area contributed by atoms with Crippen LogP contribution in [0.5, 0.6) is 11.5 Å².